The summed E-state index contributed by atoms with van der Waals surface area (Å²) < 4.78 is 1.03. The Morgan fingerprint density at radius 2 is 2.29 bits per heavy atom. The lowest BCUT2D eigenvalue weighted by molar-refractivity contribution is 0.990. The lowest BCUT2D eigenvalue weighted by Crippen LogP contribution is -2.31. The molecule has 3 nitrogen and oxygen atoms in total. The highest BCUT2D eigenvalue weighted by Gasteiger charge is 2.07. The Hall–Kier alpha value is -0.870. The molecule has 0 amide bonds. The second kappa shape index (κ2) is 5.12. The van der Waals surface area contributed by atoms with Gasteiger partial charge < -0.3 is 5.43 Å². The number of amidine groups is 1. The van der Waals surface area contributed by atoms with E-state index in [1.807, 2.05) is 32.0 Å². The number of hydrazine groups is 1. The highest BCUT2D eigenvalue weighted by Crippen LogP contribution is 2.20. The Kier molecular flexibility index (Phi) is 4.10. The molecule has 1 aromatic rings. The van der Waals surface area contributed by atoms with Crippen LogP contribution in [0.4, 0.5) is 0 Å². The first-order valence-electron chi connectivity index (χ1n) is 4.47. The van der Waals surface area contributed by atoms with Crippen LogP contribution in [0.5, 0.6) is 0 Å². The van der Waals surface area contributed by atoms with Gasteiger partial charge >= 0.3 is 0 Å². The molecule has 0 spiro atoms. The van der Waals surface area contributed by atoms with E-state index in [1.54, 1.807) is 0 Å². The third-order valence-corrected chi connectivity index (χ3v) is 2.95. The molecule has 0 radical (unpaired) electrons. The van der Waals surface area contributed by atoms with Crippen molar-refractivity contribution in [1.29, 1.82) is 0 Å². The summed E-state index contributed by atoms with van der Waals surface area (Å²) in [6.45, 7) is 4.72. The molecule has 4 heteroatoms. The number of nitrogens with two attached hydrogens (primary N) is 1. The number of aliphatic imine (C=N–C) groups is 1. The van der Waals surface area contributed by atoms with Gasteiger partial charge in [0.15, 0.2) is 0 Å². The number of benzene rings is 1. The fraction of sp³-hybridized carbons (Fsp3) is 0.300. The second-order valence-electron chi connectivity index (χ2n) is 2.90. The molecule has 0 bridgehead atoms. The van der Waals surface area contributed by atoms with Crippen molar-refractivity contribution in [2.45, 2.75) is 13.8 Å². The molecule has 0 saturated heterocycles. The highest BCUT2D eigenvalue weighted by atomic mass is 79.9. The number of aryl methyl sites for hydroxylation is 1. The normalized spacial score (nSPS) is 11.6. The van der Waals surface area contributed by atoms with Gasteiger partial charge in [0.2, 0.25) is 0 Å². The van der Waals surface area contributed by atoms with E-state index >= 15 is 0 Å². The zero-order chi connectivity index (χ0) is 10.6. The number of hydrogen-bond acceptors (Lipinski definition) is 2. The summed E-state index contributed by atoms with van der Waals surface area (Å²) in [6.07, 6.45) is 0. The van der Waals surface area contributed by atoms with Crippen molar-refractivity contribution in [3.8, 4) is 0 Å². The molecule has 14 heavy (non-hydrogen) atoms. The minimum Gasteiger partial charge on any atom is -0.308 e. The van der Waals surface area contributed by atoms with Gasteiger partial charge in [-0.1, -0.05) is 18.2 Å². The summed E-state index contributed by atoms with van der Waals surface area (Å²) in [5, 5.41) is 0. The number of hydrogen-bond donors (Lipinski definition) is 2. The standard InChI is InChI=1S/C10H14BrN3/c1-3-13-10(14-12)8-6-4-5-7(2)9(8)11/h4-6H,3,12H2,1-2H3,(H,13,14). The van der Waals surface area contributed by atoms with Crippen LogP contribution in [0.2, 0.25) is 0 Å². The van der Waals surface area contributed by atoms with E-state index in [0.29, 0.717) is 12.4 Å². The summed E-state index contributed by atoms with van der Waals surface area (Å²) in [4.78, 5) is 4.27. The minimum atomic E-state index is 0.708. The summed E-state index contributed by atoms with van der Waals surface area (Å²) in [6, 6.07) is 6.00. The fourth-order valence-corrected chi connectivity index (χ4v) is 1.65. The molecule has 0 saturated carbocycles. The molecule has 0 aliphatic heterocycles. The summed E-state index contributed by atoms with van der Waals surface area (Å²) >= 11 is 3.52. The van der Waals surface area contributed by atoms with Gasteiger partial charge in [-0.15, -0.1) is 0 Å². The number of nitrogens with zero attached hydrogens (tertiary/aromatic N) is 1. The van der Waals surface area contributed by atoms with Crippen LogP contribution in [-0.2, 0) is 0 Å². The Morgan fingerprint density at radius 1 is 1.57 bits per heavy atom. The average Bonchev–Trinajstić information content (AvgIpc) is 2.19. The molecule has 0 fully saturated rings. The summed E-state index contributed by atoms with van der Waals surface area (Å²) in [7, 11) is 0. The monoisotopic (exact) mass is 255 g/mol. The molecular formula is C10H14BrN3. The van der Waals surface area contributed by atoms with Crippen LogP contribution >= 0.6 is 15.9 Å². The van der Waals surface area contributed by atoms with E-state index in [4.69, 9.17) is 5.84 Å². The zero-order valence-corrected chi connectivity index (χ0v) is 9.93. The number of nitrogens with one attached hydrogen (secondary N) is 1. The van der Waals surface area contributed by atoms with Crippen LogP contribution in [0, 0.1) is 6.92 Å². The van der Waals surface area contributed by atoms with E-state index in [-0.39, 0.29) is 0 Å². The van der Waals surface area contributed by atoms with Crippen LogP contribution in [0.3, 0.4) is 0 Å². The van der Waals surface area contributed by atoms with Gasteiger partial charge in [0.05, 0.1) is 0 Å². The Morgan fingerprint density at radius 3 is 2.86 bits per heavy atom. The van der Waals surface area contributed by atoms with Gasteiger partial charge in [-0.2, -0.15) is 0 Å². The third-order valence-electron chi connectivity index (χ3n) is 1.90. The molecule has 0 atom stereocenters. The van der Waals surface area contributed by atoms with Crippen LogP contribution in [0.25, 0.3) is 0 Å². The van der Waals surface area contributed by atoms with Gasteiger partial charge in [-0.05, 0) is 35.3 Å². The molecule has 1 aromatic carbocycles. The van der Waals surface area contributed by atoms with Crippen molar-refractivity contribution < 1.29 is 0 Å². The number of rotatable bonds is 2. The maximum absolute atomic E-state index is 5.41. The SMILES string of the molecule is CCN=C(NN)c1cccc(C)c1Br. The molecule has 1 rings (SSSR count). The highest BCUT2D eigenvalue weighted by molar-refractivity contribution is 9.10. The maximum atomic E-state index is 5.41. The molecule has 0 unspecified atom stereocenters. The number of halogens is 1. The molecule has 0 aromatic heterocycles. The Balaban J connectivity index is 3.17. The third kappa shape index (κ3) is 2.33. The Bertz CT molecular complexity index is 347. The smallest absolute Gasteiger partial charge is 0.143 e. The predicted octanol–water partition coefficient (Wildman–Crippen LogP) is 1.99. The minimum absolute atomic E-state index is 0.708. The van der Waals surface area contributed by atoms with Crippen molar-refractivity contribution in [3.63, 3.8) is 0 Å². The van der Waals surface area contributed by atoms with Crippen molar-refractivity contribution in [2.24, 2.45) is 10.8 Å². The quantitative estimate of drug-likeness (QED) is 0.368. The largest absolute Gasteiger partial charge is 0.308 e. The molecule has 76 valence electrons. The summed E-state index contributed by atoms with van der Waals surface area (Å²) in [5.41, 5.74) is 4.77. The van der Waals surface area contributed by atoms with Gasteiger partial charge in [0, 0.05) is 16.6 Å². The molecule has 0 aliphatic rings. The van der Waals surface area contributed by atoms with E-state index in [0.717, 1.165) is 10.0 Å². The zero-order valence-electron chi connectivity index (χ0n) is 8.34. The maximum Gasteiger partial charge on any atom is 0.143 e. The van der Waals surface area contributed by atoms with Gasteiger partial charge in [0.25, 0.3) is 0 Å². The van der Waals surface area contributed by atoms with E-state index in [2.05, 4.69) is 26.3 Å². The van der Waals surface area contributed by atoms with Crippen molar-refractivity contribution in [3.05, 3.63) is 33.8 Å². The van der Waals surface area contributed by atoms with Crippen molar-refractivity contribution in [1.82, 2.24) is 5.43 Å². The van der Waals surface area contributed by atoms with E-state index < -0.39 is 0 Å². The van der Waals surface area contributed by atoms with Crippen LogP contribution in [0.1, 0.15) is 18.1 Å². The van der Waals surface area contributed by atoms with Crippen LogP contribution in [-0.4, -0.2) is 12.4 Å². The summed E-state index contributed by atoms with van der Waals surface area (Å²) in [5.74, 6) is 6.12. The fourth-order valence-electron chi connectivity index (χ4n) is 1.20. The van der Waals surface area contributed by atoms with Gasteiger partial charge in [-0.25, -0.2) is 5.84 Å². The predicted molar refractivity (Wildman–Crippen MR) is 63.3 cm³/mol. The van der Waals surface area contributed by atoms with Crippen LogP contribution < -0.4 is 11.3 Å². The Labute approximate surface area is 92.5 Å². The molecule has 0 aliphatic carbocycles. The van der Waals surface area contributed by atoms with Crippen molar-refractivity contribution >= 4 is 21.8 Å². The lowest BCUT2D eigenvalue weighted by Gasteiger charge is -2.09. The van der Waals surface area contributed by atoms with E-state index in [1.165, 1.54) is 5.56 Å². The van der Waals surface area contributed by atoms with Gasteiger partial charge in [0.1, 0.15) is 5.84 Å². The molecule has 3 N–H and O–H groups in total. The first kappa shape index (κ1) is 11.2. The first-order valence-corrected chi connectivity index (χ1v) is 5.26. The average molecular weight is 256 g/mol. The topological polar surface area (TPSA) is 50.4 Å². The van der Waals surface area contributed by atoms with Crippen molar-refractivity contribution in [2.75, 3.05) is 6.54 Å². The lowest BCUT2D eigenvalue weighted by atomic mass is 10.1. The molecule has 0 heterocycles. The second-order valence-corrected chi connectivity index (χ2v) is 3.70. The van der Waals surface area contributed by atoms with Crippen LogP contribution in [0.15, 0.2) is 27.7 Å². The van der Waals surface area contributed by atoms with Gasteiger partial charge in [-0.3, -0.25) is 4.99 Å². The van der Waals surface area contributed by atoms with E-state index in [9.17, 15) is 0 Å². The molecular weight excluding hydrogens is 242 g/mol. The first-order chi connectivity index (χ1) is 6.70.